The number of oxime groups is 1. The van der Waals surface area contributed by atoms with E-state index in [4.69, 9.17) is 4.84 Å². The van der Waals surface area contributed by atoms with E-state index >= 15 is 0 Å². The second-order valence-electron chi connectivity index (χ2n) is 4.40. The van der Waals surface area contributed by atoms with Gasteiger partial charge in [-0.25, -0.2) is 0 Å². The van der Waals surface area contributed by atoms with Gasteiger partial charge in [-0.05, 0) is 24.3 Å². The average Bonchev–Trinajstić information content (AvgIpc) is 2.98. The van der Waals surface area contributed by atoms with Crippen molar-refractivity contribution in [3.63, 3.8) is 0 Å². The van der Waals surface area contributed by atoms with Crippen molar-refractivity contribution in [3.8, 4) is 5.75 Å². The molecule has 1 heterocycles. The number of aromatic hydroxyl groups is 1. The molecule has 1 aliphatic heterocycles. The van der Waals surface area contributed by atoms with Gasteiger partial charge in [0.25, 0.3) is 0 Å². The molecular weight excluding hydrogens is 256 g/mol. The van der Waals surface area contributed by atoms with E-state index in [1.807, 2.05) is 12.1 Å². The van der Waals surface area contributed by atoms with Crippen LogP contribution in [0.2, 0.25) is 0 Å². The van der Waals surface area contributed by atoms with Crippen molar-refractivity contribution in [2.75, 3.05) is 0 Å². The lowest BCUT2D eigenvalue weighted by Gasteiger charge is -2.10. The highest BCUT2D eigenvalue weighted by molar-refractivity contribution is 5.99. The molecule has 0 fully saturated rings. The van der Waals surface area contributed by atoms with Crippen molar-refractivity contribution in [1.82, 2.24) is 5.32 Å². The van der Waals surface area contributed by atoms with Gasteiger partial charge in [0.2, 0.25) is 6.23 Å². The van der Waals surface area contributed by atoms with E-state index in [1.165, 1.54) is 0 Å². The number of carbonyl (C=O) groups is 1. The molecule has 0 amide bonds. The first-order valence-electron chi connectivity index (χ1n) is 6.11. The Morgan fingerprint density at radius 1 is 1.10 bits per heavy atom. The Hall–Kier alpha value is -2.82. The van der Waals surface area contributed by atoms with Gasteiger partial charge in [-0.2, -0.15) is 0 Å². The minimum atomic E-state index is -0.375. The van der Waals surface area contributed by atoms with Gasteiger partial charge in [-0.15, -0.1) is 0 Å². The molecule has 0 aromatic heterocycles. The molecule has 2 N–H and O–H groups in total. The summed E-state index contributed by atoms with van der Waals surface area (Å²) in [4.78, 5) is 15.9. The summed E-state index contributed by atoms with van der Waals surface area (Å²) < 4.78 is 0. The summed E-state index contributed by atoms with van der Waals surface area (Å²) in [5.41, 5.74) is 2.33. The van der Waals surface area contributed by atoms with Gasteiger partial charge in [-0.3, -0.25) is 4.79 Å². The normalized spacial score (nSPS) is 17.0. The zero-order valence-electron chi connectivity index (χ0n) is 10.5. The van der Waals surface area contributed by atoms with Crippen LogP contribution in [0.3, 0.4) is 0 Å². The quantitative estimate of drug-likeness (QED) is 0.837. The zero-order valence-corrected chi connectivity index (χ0v) is 10.5. The van der Waals surface area contributed by atoms with Crippen LogP contribution in [0, 0.1) is 0 Å². The smallest absolute Gasteiger partial charge is 0.224 e. The topological polar surface area (TPSA) is 70.9 Å². The van der Waals surface area contributed by atoms with Crippen LogP contribution in [-0.4, -0.2) is 17.2 Å². The molecular formula is C15H12N2O3. The highest BCUT2D eigenvalue weighted by atomic mass is 16.7. The lowest BCUT2D eigenvalue weighted by Crippen LogP contribution is -2.23. The van der Waals surface area contributed by atoms with E-state index in [-0.39, 0.29) is 12.0 Å². The Morgan fingerprint density at radius 3 is 2.45 bits per heavy atom. The summed E-state index contributed by atoms with van der Waals surface area (Å²) in [6.07, 6.45) is 0.421. The van der Waals surface area contributed by atoms with Crippen LogP contribution in [0.25, 0.3) is 0 Å². The summed E-state index contributed by atoms with van der Waals surface area (Å²) in [6, 6.07) is 13.8. The van der Waals surface area contributed by atoms with Gasteiger partial charge in [0.15, 0.2) is 5.84 Å². The predicted molar refractivity (Wildman–Crippen MR) is 73.4 cm³/mol. The summed E-state index contributed by atoms with van der Waals surface area (Å²) >= 11 is 0. The Balaban J connectivity index is 1.74. The highest BCUT2D eigenvalue weighted by Gasteiger charge is 2.22. The Kier molecular flexibility index (Phi) is 3.09. The largest absolute Gasteiger partial charge is 0.508 e. The van der Waals surface area contributed by atoms with E-state index in [0.717, 1.165) is 17.4 Å². The third kappa shape index (κ3) is 2.33. The lowest BCUT2D eigenvalue weighted by atomic mass is 10.1. The summed E-state index contributed by atoms with van der Waals surface area (Å²) in [6.45, 7) is 0. The SMILES string of the molecule is O=Cc1ccc(C2NC(c3ccc(O)cc3)=NO2)cc1. The van der Waals surface area contributed by atoms with Crippen LogP contribution in [0.15, 0.2) is 53.7 Å². The fourth-order valence-electron chi connectivity index (χ4n) is 1.93. The predicted octanol–water partition coefficient (Wildman–Crippen LogP) is 2.18. The van der Waals surface area contributed by atoms with Crippen molar-refractivity contribution >= 4 is 12.1 Å². The maximum Gasteiger partial charge on any atom is 0.224 e. The first-order valence-corrected chi connectivity index (χ1v) is 6.11. The number of rotatable bonds is 3. The van der Waals surface area contributed by atoms with E-state index in [2.05, 4.69) is 10.5 Å². The zero-order chi connectivity index (χ0) is 13.9. The molecule has 1 aliphatic rings. The molecule has 0 bridgehead atoms. The van der Waals surface area contributed by atoms with Crippen LogP contribution in [0.5, 0.6) is 5.75 Å². The second kappa shape index (κ2) is 5.05. The fourth-order valence-corrected chi connectivity index (χ4v) is 1.93. The molecule has 5 nitrogen and oxygen atoms in total. The van der Waals surface area contributed by atoms with E-state index in [0.29, 0.717) is 11.4 Å². The number of hydrogen-bond acceptors (Lipinski definition) is 5. The van der Waals surface area contributed by atoms with Gasteiger partial charge in [-0.1, -0.05) is 29.4 Å². The first kappa shape index (κ1) is 12.2. The molecule has 1 unspecified atom stereocenters. The van der Waals surface area contributed by atoms with Gasteiger partial charge in [0, 0.05) is 16.7 Å². The number of phenols is 1. The van der Waals surface area contributed by atoms with Crippen molar-refractivity contribution in [2.24, 2.45) is 5.16 Å². The number of phenolic OH excluding ortho intramolecular Hbond substituents is 1. The molecule has 5 heteroatoms. The van der Waals surface area contributed by atoms with Crippen LogP contribution in [0.4, 0.5) is 0 Å². The number of aldehydes is 1. The highest BCUT2D eigenvalue weighted by Crippen LogP contribution is 2.21. The number of carbonyl (C=O) groups excluding carboxylic acids is 1. The van der Waals surface area contributed by atoms with Crippen LogP contribution >= 0.6 is 0 Å². The molecule has 3 rings (SSSR count). The van der Waals surface area contributed by atoms with Gasteiger partial charge in [0.05, 0.1) is 0 Å². The molecule has 0 spiro atoms. The van der Waals surface area contributed by atoms with Crippen LogP contribution in [-0.2, 0) is 4.84 Å². The summed E-state index contributed by atoms with van der Waals surface area (Å²) in [5, 5.41) is 16.4. The van der Waals surface area contributed by atoms with E-state index < -0.39 is 0 Å². The van der Waals surface area contributed by atoms with Gasteiger partial charge in [0.1, 0.15) is 12.0 Å². The standard InChI is InChI=1S/C15H12N2O3/c18-9-10-1-3-12(4-2-10)15-16-14(17-20-15)11-5-7-13(19)8-6-11/h1-9,15,19H,(H,16,17). The molecule has 100 valence electrons. The lowest BCUT2D eigenvalue weighted by molar-refractivity contribution is 0.0729. The Labute approximate surface area is 115 Å². The molecule has 0 saturated heterocycles. The minimum Gasteiger partial charge on any atom is -0.508 e. The van der Waals surface area contributed by atoms with Gasteiger partial charge < -0.3 is 15.3 Å². The number of nitrogens with one attached hydrogen (secondary N) is 1. The maximum absolute atomic E-state index is 10.6. The first-order chi connectivity index (χ1) is 9.76. The van der Waals surface area contributed by atoms with E-state index in [1.54, 1.807) is 36.4 Å². The molecule has 2 aromatic carbocycles. The Morgan fingerprint density at radius 2 is 1.80 bits per heavy atom. The summed E-state index contributed by atoms with van der Waals surface area (Å²) in [7, 11) is 0. The van der Waals surface area contributed by atoms with E-state index in [9.17, 15) is 9.90 Å². The summed E-state index contributed by atoms with van der Waals surface area (Å²) in [5.74, 6) is 0.809. The maximum atomic E-state index is 10.6. The molecule has 20 heavy (non-hydrogen) atoms. The van der Waals surface area contributed by atoms with Crippen molar-refractivity contribution in [3.05, 3.63) is 65.2 Å². The third-order valence-corrected chi connectivity index (χ3v) is 3.03. The number of amidine groups is 1. The second-order valence-corrected chi connectivity index (χ2v) is 4.40. The van der Waals surface area contributed by atoms with Crippen LogP contribution in [0.1, 0.15) is 27.7 Å². The number of nitrogens with zero attached hydrogens (tertiary/aromatic N) is 1. The average molecular weight is 268 g/mol. The minimum absolute atomic E-state index is 0.203. The van der Waals surface area contributed by atoms with Crippen molar-refractivity contribution in [1.29, 1.82) is 0 Å². The van der Waals surface area contributed by atoms with Crippen LogP contribution < -0.4 is 5.32 Å². The molecule has 0 aliphatic carbocycles. The molecule has 2 aromatic rings. The fraction of sp³-hybridized carbons (Fsp3) is 0.0667. The molecule has 0 radical (unpaired) electrons. The molecule has 0 saturated carbocycles. The monoisotopic (exact) mass is 268 g/mol. The Bertz CT molecular complexity index is 648. The van der Waals surface area contributed by atoms with Crippen molar-refractivity contribution in [2.45, 2.75) is 6.23 Å². The third-order valence-electron chi connectivity index (χ3n) is 3.03. The van der Waals surface area contributed by atoms with Crippen molar-refractivity contribution < 1.29 is 14.7 Å². The molecule has 1 atom stereocenters. The number of benzene rings is 2. The number of hydrogen-bond donors (Lipinski definition) is 2. The van der Waals surface area contributed by atoms with Gasteiger partial charge >= 0.3 is 0 Å².